The van der Waals surface area contributed by atoms with E-state index >= 15 is 0 Å². The Labute approximate surface area is 114 Å². The van der Waals surface area contributed by atoms with Crippen molar-refractivity contribution in [2.75, 3.05) is 17.7 Å². The smallest absolute Gasteiger partial charge is 0.324 e. The minimum absolute atomic E-state index is 0.189. The highest BCUT2D eigenvalue weighted by Gasteiger charge is 2.12. The number of nitrogens with two attached hydrogens (primary N) is 1. The zero-order valence-electron chi connectivity index (χ0n) is 10.7. The van der Waals surface area contributed by atoms with Crippen molar-refractivity contribution in [1.82, 2.24) is 10.2 Å². The molecule has 1 aromatic carbocycles. The van der Waals surface area contributed by atoms with Crippen molar-refractivity contribution in [2.24, 2.45) is 5.73 Å². The maximum atomic E-state index is 11.9. The number of aromatic amines is 1. The molecule has 8 nitrogen and oxygen atoms in total. The molecule has 0 spiro atoms. The first-order valence-corrected chi connectivity index (χ1v) is 5.70. The number of para-hydroxylation sites is 2. The lowest BCUT2D eigenvalue weighted by Crippen LogP contribution is -2.22. The van der Waals surface area contributed by atoms with E-state index in [0.717, 1.165) is 0 Å². The van der Waals surface area contributed by atoms with E-state index in [1.807, 2.05) is 0 Å². The summed E-state index contributed by atoms with van der Waals surface area (Å²) >= 11 is 0. The molecule has 104 valence electrons. The van der Waals surface area contributed by atoms with Gasteiger partial charge >= 0.3 is 6.03 Å². The molecule has 20 heavy (non-hydrogen) atoms. The number of hydrogen-bond donors (Lipinski definition) is 5. The number of rotatable bonds is 4. The first kappa shape index (κ1) is 13.4. The molecular weight excluding hydrogens is 260 g/mol. The Bertz CT molecular complexity index is 636. The second kappa shape index (κ2) is 5.74. The van der Waals surface area contributed by atoms with Crippen LogP contribution in [0.1, 0.15) is 5.56 Å². The van der Waals surface area contributed by atoms with Crippen LogP contribution in [0.2, 0.25) is 0 Å². The number of amidine groups is 1. The molecule has 1 heterocycles. The zero-order chi connectivity index (χ0) is 14.5. The van der Waals surface area contributed by atoms with E-state index in [2.05, 4.69) is 20.8 Å². The van der Waals surface area contributed by atoms with Crippen LogP contribution in [0.25, 0.3) is 0 Å². The van der Waals surface area contributed by atoms with Crippen LogP contribution in [0.15, 0.2) is 30.5 Å². The van der Waals surface area contributed by atoms with E-state index in [9.17, 15) is 4.79 Å². The molecule has 0 saturated carbocycles. The van der Waals surface area contributed by atoms with Gasteiger partial charge in [-0.1, -0.05) is 12.1 Å². The van der Waals surface area contributed by atoms with Crippen LogP contribution in [0, 0.1) is 5.41 Å². The summed E-state index contributed by atoms with van der Waals surface area (Å²) < 4.78 is 5.13. The third-order valence-corrected chi connectivity index (χ3v) is 2.52. The van der Waals surface area contributed by atoms with Gasteiger partial charge in [0.25, 0.3) is 0 Å². The molecule has 0 aliphatic rings. The maximum absolute atomic E-state index is 11.9. The van der Waals surface area contributed by atoms with Gasteiger partial charge in [-0.3, -0.25) is 15.8 Å². The number of nitrogens with one attached hydrogen (secondary N) is 4. The van der Waals surface area contributed by atoms with Crippen LogP contribution >= 0.6 is 0 Å². The van der Waals surface area contributed by atoms with Crippen molar-refractivity contribution in [3.8, 4) is 5.75 Å². The van der Waals surface area contributed by atoms with Gasteiger partial charge in [-0.25, -0.2) is 4.79 Å². The van der Waals surface area contributed by atoms with Crippen molar-refractivity contribution in [2.45, 2.75) is 0 Å². The number of ether oxygens (including phenoxy) is 1. The molecule has 0 radical (unpaired) electrons. The standard InChI is InChI=1S/C12H14N6O2/c1-20-9-5-3-2-4-8(9)16-12(19)17-11-7(10(13)14)6-15-18-11/h2-6H,1H3,(H3,13,14)(H3,15,16,17,18,19). The van der Waals surface area contributed by atoms with Crippen molar-refractivity contribution >= 4 is 23.4 Å². The summed E-state index contributed by atoms with van der Waals surface area (Å²) in [5.74, 6) is 0.607. The number of anilines is 2. The van der Waals surface area contributed by atoms with Crippen molar-refractivity contribution < 1.29 is 9.53 Å². The normalized spacial score (nSPS) is 9.85. The first-order chi connectivity index (χ1) is 9.61. The lowest BCUT2D eigenvalue weighted by molar-refractivity contribution is 0.262. The summed E-state index contributed by atoms with van der Waals surface area (Å²) in [6.07, 6.45) is 1.36. The summed E-state index contributed by atoms with van der Waals surface area (Å²) in [5, 5.41) is 18.8. The molecule has 8 heteroatoms. The quantitative estimate of drug-likeness (QED) is 0.425. The summed E-state index contributed by atoms with van der Waals surface area (Å²) in [5.41, 5.74) is 6.21. The average Bonchev–Trinajstić information content (AvgIpc) is 2.87. The van der Waals surface area contributed by atoms with Crippen LogP contribution in [-0.2, 0) is 0 Å². The molecule has 2 amide bonds. The molecule has 0 saturated heterocycles. The molecular formula is C12H14N6O2. The molecule has 0 aliphatic heterocycles. The molecule has 1 aromatic heterocycles. The Hall–Kier alpha value is -3.03. The van der Waals surface area contributed by atoms with Gasteiger partial charge < -0.3 is 15.8 Å². The number of aromatic nitrogens is 2. The van der Waals surface area contributed by atoms with Gasteiger partial charge in [-0.2, -0.15) is 5.10 Å². The van der Waals surface area contributed by atoms with Crippen LogP contribution in [0.5, 0.6) is 5.75 Å². The van der Waals surface area contributed by atoms with Gasteiger partial charge in [0.05, 0.1) is 24.6 Å². The second-order valence-corrected chi connectivity index (χ2v) is 3.85. The number of hydrogen-bond acceptors (Lipinski definition) is 4. The van der Waals surface area contributed by atoms with E-state index in [4.69, 9.17) is 15.9 Å². The molecule has 0 bridgehead atoms. The Morgan fingerprint density at radius 3 is 2.85 bits per heavy atom. The molecule has 6 N–H and O–H groups in total. The number of H-pyrrole nitrogens is 1. The van der Waals surface area contributed by atoms with Gasteiger partial charge in [0, 0.05) is 0 Å². The number of carbonyl (C=O) groups excluding carboxylic acids is 1. The number of benzene rings is 1. The van der Waals surface area contributed by atoms with Crippen molar-refractivity contribution in [3.05, 3.63) is 36.0 Å². The number of methoxy groups -OCH3 is 1. The lowest BCUT2D eigenvalue weighted by atomic mass is 10.3. The lowest BCUT2D eigenvalue weighted by Gasteiger charge is -2.10. The van der Waals surface area contributed by atoms with Gasteiger partial charge in [-0.05, 0) is 12.1 Å². The van der Waals surface area contributed by atoms with Gasteiger partial charge in [0.15, 0.2) is 0 Å². The molecule has 0 unspecified atom stereocenters. The van der Waals surface area contributed by atoms with Gasteiger partial charge in [0.2, 0.25) is 0 Å². The zero-order valence-corrected chi connectivity index (χ0v) is 10.7. The molecule has 0 fully saturated rings. The van der Waals surface area contributed by atoms with Crippen molar-refractivity contribution in [1.29, 1.82) is 5.41 Å². The third kappa shape index (κ3) is 2.86. The Morgan fingerprint density at radius 2 is 2.15 bits per heavy atom. The largest absolute Gasteiger partial charge is 0.495 e. The van der Waals surface area contributed by atoms with Crippen LogP contribution in [0.4, 0.5) is 16.3 Å². The minimum atomic E-state index is -0.499. The Morgan fingerprint density at radius 1 is 1.40 bits per heavy atom. The molecule has 2 rings (SSSR count). The molecule has 0 atom stereocenters. The fraction of sp³-hybridized carbons (Fsp3) is 0.0833. The highest BCUT2D eigenvalue weighted by Crippen LogP contribution is 2.23. The number of nitrogens with zero attached hydrogens (tertiary/aromatic N) is 1. The maximum Gasteiger partial charge on any atom is 0.324 e. The summed E-state index contributed by atoms with van der Waals surface area (Å²) in [6.45, 7) is 0. The van der Waals surface area contributed by atoms with Crippen LogP contribution in [-0.4, -0.2) is 29.2 Å². The Kier molecular flexibility index (Phi) is 3.85. The van der Waals surface area contributed by atoms with E-state index in [1.165, 1.54) is 13.3 Å². The van der Waals surface area contributed by atoms with E-state index in [0.29, 0.717) is 17.0 Å². The van der Waals surface area contributed by atoms with Gasteiger partial charge in [0.1, 0.15) is 17.4 Å². The minimum Gasteiger partial charge on any atom is -0.495 e. The predicted octanol–water partition coefficient (Wildman–Crippen LogP) is 1.35. The fourth-order valence-electron chi connectivity index (χ4n) is 1.60. The predicted molar refractivity (Wildman–Crippen MR) is 75.2 cm³/mol. The number of nitrogen functional groups attached to an aromatic ring is 1. The first-order valence-electron chi connectivity index (χ1n) is 5.70. The molecule has 2 aromatic rings. The van der Waals surface area contributed by atoms with Crippen LogP contribution in [0.3, 0.4) is 0 Å². The summed E-state index contributed by atoms with van der Waals surface area (Å²) in [7, 11) is 1.52. The fourth-order valence-corrected chi connectivity index (χ4v) is 1.60. The van der Waals surface area contributed by atoms with Crippen LogP contribution < -0.4 is 21.1 Å². The van der Waals surface area contributed by atoms with Gasteiger partial charge in [-0.15, -0.1) is 0 Å². The SMILES string of the molecule is COc1ccccc1NC(=O)Nc1[nH]ncc1C(=N)N. The van der Waals surface area contributed by atoms with Crippen molar-refractivity contribution in [3.63, 3.8) is 0 Å². The highest BCUT2D eigenvalue weighted by atomic mass is 16.5. The second-order valence-electron chi connectivity index (χ2n) is 3.85. The monoisotopic (exact) mass is 274 g/mol. The average molecular weight is 274 g/mol. The number of amides is 2. The summed E-state index contributed by atoms with van der Waals surface area (Å²) in [4.78, 5) is 11.9. The van der Waals surface area contributed by atoms with E-state index in [-0.39, 0.29) is 11.7 Å². The Balaban J connectivity index is 2.09. The van der Waals surface area contributed by atoms with E-state index < -0.39 is 6.03 Å². The molecule has 0 aliphatic carbocycles. The highest BCUT2D eigenvalue weighted by molar-refractivity contribution is 6.06. The summed E-state index contributed by atoms with van der Waals surface area (Å²) in [6, 6.07) is 6.51. The number of carbonyl (C=O) groups is 1. The number of urea groups is 1. The van der Waals surface area contributed by atoms with E-state index in [1.54, 1.807) is 24.3 Å². The third-order valence-electron chi connectivity index (χ3n) is 2.52. The topological polar surface area (TPSA) is 129 Å².